The van der Waals surface area contributed by atoms with E-state index in [0.29, 0.717) is 0 Å². The Morgan fingerprint density at radius 2 is 1.87 bits per heavy atom. The highest BCUT2D eigenvalue weighted by Crippen LogP contribution is 2.58. The third-order valence-electron chi connectivity index (χ3n) is 6.83. The van der Waals surface area contributed by atoms with Gasteiger partial charge in [0.15, 0.2) is 0 Å². The zero-order chi connectivity index (χ0) is 15.8. The van der Waals surface area contributed by atoms with Crippen LogP contribution in [0.25, 0.3) is 11.1 Å². The molecule has 0 aliphatic heterocycles. The van der Waals surface area contributed by atoms with Crippen molar-refractivity contribution in [1.29, 1.82) is 0 Å². The van der Waals surface area contributed by atoms with E-state index in [0.717, 1.165) is 17.8 Å². The lowest BCUT2D eigenvalue weighted by atomic mass is 9.78. The van der Waals surface area contributed by atoms with E-state index in [1.165, 1.54) is 46.8 Å². The summed E-state index contributed by atoms with van der Waals surface area (Å²) in [5.41, 5.74) is 7.82. The minimum Gasteiger partial charge on any atom is -0.0616 e. The van der Waals surface area contributed by atoms with E-state index in [-0.39, 0.29) is 5.41 Å². The zero-order valence-corrected chi connectivity index (χ0v) is 15.5. The Labute approximate surface area is 147 Å². The molecule has 0 nitrogen and oxygen atoms in total. The van der Waals surface area contributed by atoms with Crippen molar-refractivity contribution in [3.05, 3.63) is 57.6 Å². The third-order valence-corrected chi connectivity index (χ3v) is 7.33. The molecular formula is C22H23Br. The molecule has 1 heteroatoms. The first-order chi connectivity index (χ1) is 11.1. The van der Waals surface area contributed by atoms with Gasteiger partial charge in [-0.25, -0.2) is 0 Å². The molecular weight excluding hydrogens is 344 g/mol. The highest BCUT2D eigenvalue weighted by Gasteiger charge is 2.44. The molecule has 0 heterocycles. The molecule has 23 heavy (non-hydrogen) atoms. The molecule has 2 bridgehead atoms. The summed E-state index contributed by atoms with van der Waals surface area (Å²) in [7, 11) is 0. The minimum absolute atomic E-state index is 0.113. The lowest BCUT2D eigenvalue weighted by molar-refractivity contribution is 0.420. The topological polar surface area (TPSA) is 0 Å². The van der Waals surface area contributed by atoms with E-state index < -0.39 is 0 Å². The fourth-order valence-electron chi connectivity index (χ4n) is 5.72. The standard InChI is InChI=1S/C22H23Br/c1-22(2)19-5-3-4-16(18-11-13-6-7-14(18)10-13)21(19)17-9-8-15(23)12-20(17)22/h3-5,8-9,12-14,18H,6-7,10-11H2,1-2H3. The first-order valence-electron chi connectivity index (χ1n) is 8.99. The van der Waals surface area contributed by atoms with Gasteiger partial charge in [-0.05, 0) is 77.0 Å². The predicted octanol–water partition coefficient (Wildman–Crippen LogP) is 6.66. The molecule has 0 amide bonds. The first kappa shape index (κ1) is 14.3. The van der Waals surface area contributed by atoms with Gasteiger partial charge in [0.25, 0.3) is 0 Å². The van der Waals surface area contributed by atoms with Gasteiger partial charge in [0, 0.05) is 9.89 Å². The smallest absolute Gasteiger partial charge is 0.0178 e. The molecule has 3 unspecified atom stereocenters. The molecule has 2 saturated carbocycles. The summed E-state index contributed by atoms with van der Waals surface area (Å²) >= 11 is 3.67. The van der Waals surface area contributed by atoms with Gasteiger partial charge >= 0.3 is 0 Å². The fraction of sp³-hybridized carbons (Fsp3) is 0.455. The molecule has 0 aromatic heterocycles. The lowest BCUT2D eigenvalue weighted by Gasteiger charge is -2.26. The van der Waals surface area contributed by atoms with Crippen LogP contribution in [0.5, 0.6) is 0 Å². The molecule has 0 N–H and O–H groups in total. The van der Waals surface area contributed by atoms with Gasteiger partial charge in [0.1, 0.15) is 0 Å². The van der Waals surface area contributed by atoms with Crippen molar-refractivity contribution in [2.24, 2.45) is 11.8 Å². The van der Waals surface area contributed by atoms with Crippen molar-refractivity contribution < 1.29 is 0 Å². The number of fused-ring (bicyclic) bond motifs is 5. The second-order valence-corrected chi connectivity index (χ2v) is 9.28. The summed E-state index contributed by atoms with van der Waals surface area (Å²) in [5, 5.41) is 0. The average Bonchev–Trinajstić information content (AvgIpc) is 3.21. The number of hydrogen-bond acceptors (Lipinski definition) is 0. The molecule has 3 aliphatic rings. The summed E-state index contributed by atoms with van der Waals surface area (Å²) in [6.45, 7) is 4.77. The minimum atomic E-state index is 0.113. The van der Waals surface area contributed by atoms with Crippen LogP contribution in [0.4, 0.5) is 0 Å². The van der Waals surface area contributed by atoms with E-state index in [9.17, 15) is 0 Å². The average molecular weight is 367 g/mol. The SMILES string of the molecule is CC1(C)c2cc(Br)ccc2-c2c(C3CC4CCC3C4)cccc21. The van der Waals surface area contributed by atoms with Crippen LogP contribution in [-0.4, -0.2) is 0 Å². The largest absolute Gasteiger partial charge is 0.0616 e. The second-order valence-electron chi connectivity index (χ2n) is 8.37. The third kappa shape index (κ3) is 1.89. The lowest BCUT2D eigenvalue weighted by Crippen LogP contribution is -2.15. The van der Waals surface area contributed by atoms with Crippen molar-refractivity contribution in [1.82, 2.24) is 0 Å². The maximum absolute atomic E-state index is 3.67. The first-order valence-corrected chi connectivity index (χ1v) is 9.79. The number of hydrogen-bond donors (Lipinski definition) is 0. The molecule has 2 fully saturated rings. The molecule has 0 radical (unpaired) electrons. The Balaban J connectivity index is 1.74. The van der Waals surface area contributed by atoms with Gasteiger partial charge in [-0.1, -0.05) is 60.5 Å². The Morgan fingerprint density at radius 3 is 2.61 bits per heavy atom. The van der Waals surface area contributed by atoms with Crippen LogP contribution >= 0.6 is 15.9 Å². The van der Waals surface area contributed by atoms with Crippen molar-refractivity contribution in [3.8, 4) is 11.1 Å². The molecule has 3 atom stereocenters. The molecule has 2 aromatic carbocycles. The summed E-state index contributed by atoms with van der Waals surface area (Å²) in [5.74, 6) is 2.74. The maximum Gasteiger partial charge on any atom is 0.0178 e. The molecule has 3 aliphatic carbocycles. The van der Waals surface area contributed by atoms with Gasteiger partial charge in [-0.15, -0.1) is 0 Å². The molecule has 2 aromatic rings. The Morgan fingerprint density at radius 1 is 1.00 bits per heavy atom. The van der Waals surface area contributed by atoms with Gasteiger partial charge < -0.3 is 0 Å². The van der Waals surface area contributed by atoms with Gasteiger partial charge in [-0.3, -0.25) is 0 Å². The van der Waals surface area contributed by atoms with E-state index in [1.54, 1.807) is 11.1 Å². The van der Waals surface area contributed by atoms with Gasteiger partial charge in [0.2, 0.25) is 0 Å². The summed E-state index contributed by atoms with van der Waals surface area (Å²) in [6.07, 6.45) is 5.83. The molecule has 5 rings (SSSR count). The monoisotopic (exact) mass is 366 g/mol. The van der Waals surface area contributed by atoms with E-state index in [2.05, 4.69) is 66.2 Å². The molecule has 118 valence electrons. The van der Waals surface area contributed by atoms with Crippen molar-refractivity contribution in [2.45, 2.75) is 50.9 Å². The van der Waals surface area contributed by atoms with Crippen LogP contribution in [0, 0.1) is 11.8 Å². The van der Waals surface area contributed by atoms with Crippen LogP contribution in [0.1, 0.15) is 62.1 Å². The van der Waals surface area contributed by atoms with Crippen LogP contribution in [0.3, 0.4) is 0 Å². The molecule has 0 saturated heterocycles. The van der Waals surface area contributed by atoms with Gasteiger partial charge in [-0.2, -0.15) is 0 Å². The van der Waals surface area contributed by atoms with E-state index in [4.69, 9.17) is 0 Å². The Bertz CT molecular complexity index is 802. The summed E-state index contributed by atoms with van der Waals surface area (Å²) in [6, 6.07) is 14.0. The Kier molecular flexibility index (Phi) is 2.93. The zero-order valence-electron chi connectivity index (χ0n) is 13.9. The summed E-state index contributed by atoms with van der Waals surface area (Å²) < 4.78 is 1.19. The van der Waals surface area contributed by atoms with Gasteiger partial charge in [0.05, 0.1) is 0 Å². The highest BCUT2D eigenvalue weighted by atomic mass is 79.9. The number of rotatable bonds is 1. The predicted molar refractivity (Wildman–Crippen MR) is 99.9 cm³/mol. The highest BCUT2D eigenvalue weighted by molar-refractivity contribution is 9.10. The molecule has 0 spiro atoms. The Hall–Kier alpha value is -1.08. The van der Waals surface area contributed by atoms with Crippen molar-refractivity contribution >= 4 is 15.9 Å². The van der Waals surface area contributed by atoms with Crippen LogP contribution in [0.15, 0.2) is 40.9 Å². The van der Waals surface area contributed by atoms with Crippen LogP contribution < -0.4 is 0 Å². The van der Waals surface area contributed by atoms with Crippen molar-refractivity contribution in [2.75, 3.05) is 0 Å². The summed E-state index contributed by atoms with van der Waals surface area (Å²) in [4.78, 5) is 0. The van der Waals surface area contributed by atoms with E-state index in [1.807, 2.05) is 0 Å². The number of halogens is 1. The van der Waals surface area contributed by atoms with Crippen LogP contribution in [0.2, 0.25) is 0 Å². The number of benzene rings is 2. The van der Waals surface area contributed by atoms with E-state index >= 15 is 0 Å². The quantitative estimate of drug-likeness (QED) is 0.529. The van der Waals surface area contributed by atoms with Crippen LogP contribution in [-0.2, 0) is 5.41 Å². The fourth-order valence-corrected chi connectivity index (χ4v) is 6.08. The normalized spacial score (nSPS) is 29.6. The second kappa shape index (κ2) is 4.72. The van der Waals surface area contributed by atoms with Crippen molar-refractivity contribution in [3.63, 3.8) is 0 Å². The maximum atomic E-state index is 3.67.